The molecule has 0 saturated heterocycles. The fraction of sp³-hybridized carbons (Fsp3) is 0.0714. The number of carbonyl (C=O) groups excluding carboxylic acids is 1. The van der Waals surface area contributed by atoms with Crippen LogP contribution in [0, 0.1) is 5.82 Å². The maximum atomic E-state index is 14.0. The highest BCUT2D eigenvalue weighted by atomic mass is 79.9. The molecule has 2 aromatic carbocycles. The molecule has 18 heavy (non-hydrogen) atoms. The molecule has 0 unspecified atom stereocenters. The molecule has 2 rings (SSSR count). The minimum atomic E-state index is -0.384. The minimum absolute atomic E-state index is 0.368. The van der Waals surface area contributed by atoms with Gasteiger partial charge >= 0.3 is 0 Å². The molecule has 0 N–H and O–H groups in total. The van der Waals surface area contributed by atoms with Crippen molar-refractivity contribution < 1.29 is 13.9 Å². The van der Waals surface area contributed by atoms with Crippen LogP contribution in [0.15, 0.2) is 40.9 Å². The lowest BCUT2D eigenvalue weighted by Crippen LogP contribution is -1.93. The quantitative estimate of drug-likeness (QED) is 0.799. The Morgan fingerprint density at radius 1 is 1.22 bits per heavy atom. The summed E-state index contributed by atoms with van der Waals surface area (Å²) in [5, 5.41) is 0. The third-order valence-electron chi connectivity index (χ3n) is 2.63. The summed E-state index contributed by atoms with van der Waals surface area (Å²) >= 11 is 3.13. The molecule has 0 bridgehead atoms. The van der Waals surface area contributed by atoms with Gasteiger partial charge in [-0.25, -0.2) is 4.39 Å². The third-order valence-corrected chi connectivity index (χ3v) is 3.24. The van der Waals surface area contributed by atoms with Crippen molar-refractivity contribution in [2.75, 3.05) is 7.11 Å². The molecule has 0 atom stereocenters. The number of methoxy groups -OCH3 is 1. The maximum absolute atomic E-state index is 14.0. The molecule has 0 amide bonds. The number of carbonyl (C=O) groups is 1. The van der Waals surface area contributed by atoms with Crippen molar-refractivity contribution >= 4 is 22.2 Å². The van der Waals surface area contributed by atoms with Crippen molar-refractivity contribution in [1.29, 1.82) is 0 Å². The van der Waals surface area contributed by atoms with Crippen molar-refractivity contribution in [2.24, 2.45) is 0 Å². The SMILES string of the molecule is COc1ccc(-c2cccc(Br)c2F)c(C=O)c1. The Morgan fingerprint density at radius 3 is 2.67 bits per heavy atom. The van der Waals surface area contributed by atoms with E-state index in [0.29, 0.717) is 33.2 Å². The second-order valence-corrected chi connectivity index (χ2v) is 4.53. The molecule has 0 radical (unpaired) electrons. The van der Waals surface area contributed by atoms with E-state index in [2.05, 4.69) is 15.9 Å². The smallest absolute Gasteiger partial charge is 0.150 e. The van der Waals surface area contributed by atoms with Crippen LogP contribution in [0.2, 0.25) is 0 Å². The zero-order valence-corrected chi connectivity index (χ0v) is 11.2. The second kappa shape index (κ2) is 5.31. The summed E-state index contributed by atoms with van der Waals surface area (Å²) in [6.07, 6.45) is 0.693. The second-order valence-electron chi connectivity index (χ2n) is 3.67. The van der Waals surface area contributed by atoms with E-state index in [-0.39, 0.29) is 5.82 Å². The normalized spacial score (nSPS) is 10.2. The van der Waals surface area contributed by atoms with Crippen LogP contribution >= 0.6 is 15.9 Å². The molecular formula is C14H10BrFO2. The van der Waals surface area contributed by atoms with Crippen LogP contribution in [0.5, 0.6) is 5.75 Å². The minimum Gasteiger partial charge on any atom is -0.497 e. The zero-order valence-electron chi connectivity index (χ0n) is 9.61. The highest BCUT2D eigenvalue weighted by molar-refractivity contribution is 9.10. The summed E-state index contributed by atoms with van der Waals surface area (Å²) in [5.41, 5.74) is 1.32. The fourth-order valence-electron chi connectivity index (χ4n) is 1.72. The van der Waals surface area contributed by atoms with E-state index in [1.54, 1.807) is 36.4 Å². The predicted molar refractivity (Wildman–Crippen MR) is 71.5 cm³/mol. The van der Waals surface area contributed by atoms with Gasteiger partial charge in [-0.1, -0.05) is 12.1 Å². The van der Waals surface area contributed by atoms with Gasteiger partial charge in [-0.05, 0) is 45.8 Å². The van der Waals surface area contributed by atoms with E-state index >= 15 is 0 Å². The highest BCUT2D eigenvalue weighted by Gasteiger charge is 2.12. The van der Waals surface area contributed by atoms with Crippen molar-refractivity contribution in [3.63, 3.8) is 0 Å². The van der Waals surface area contributed by atoms with E-state index in [1.165, 1.54) is 7.11 Å². The summed E-state index contributed by atoms with van der Waals surface area (Å²) in [6.45, 7) is 0. The van der Waals surface area contributed by atoms with Crippen molar-refractivity contribution in [1.82, 2.24) is 0 Å². The molecule has 0 aliphatic rings. The van der Waals surface area contributed by atoms with Crippen LogP contribution in [0.25, 0.3) is 11.1 Å². The molecule has 0 heterocycles. The van der Waals surface area contributed by atoms with Gasteiger partial charge in [-0.2, -0.15) is 0 Å². The third kappa shape index (κ3) is 2.29. The zero-order chi connectivity index (χ0) is 13.1. The van der Waals surface area contributed by atoms with Crippen LogP contribution in [-0.2, 0) is 0 Å². The Labute approximate surface area is 113 Å². The first-order chi connectivity index (χ1) is 8.67. The van der Waals surface area contributed by atoms with Gasteiger partial charge in [0.25, 0.3) is 0 Å². The first-order valence-corrected chi connectivity index (χ1v) is 6.04. The number of rotatable bonds is 3. The number of ether oxygens (including phenoxy) is 1. The molecule has 0 aromatic heterocycles. The Bertz CT molecular complexity index is 596. The Morgan fingerprint density at radius 2 is 2.00 bits per heavy atom. The standard InChI is InChI=1S/C14H10BrFO2/c1-18-10-5-6-11(9(7-10)8-17)12-3-2-4-13(15)14(12)16/h2-8H,1H3. The van der Waals surface area contributed by atoms with Gasteiger partial charge in [0.05, 0.1) is 11.6 Å². The Hall–Kier alpha value is -1.68. The molecule has 2 aromatic rings. The van der Waals surface area contributed by atoms with Crippen LogP contribution in [0.3, 0.4) is 0 Å². The van der Waals surface area contributed by atoms with E-state index in [9.17, 15) is 9.18 Å². The molecular weight excluding hydrogens is 299 g/mol. The first kappa shape index (κ1) is 12.8. The molecule has 0 fully saturated rings. The van der Waals surface area contributed by atoms with Gasteiger partial charge in [-0.3, -0.25) is 4.79 Å². The predicted octanol–water partition coefficient (Wildman–Crippen LogP) is 4.08. The summed E-state index contributed by atoms with van der Waals surface area (Å²) in [6, 6.07) is 9.93. The average Bonchev–Trinajstić information content (AvgIpc) is 2.41. The number of halogens is 2. The van der Waals surface area contributed by atoms with Gasteiger partial charge in [0, 0.05) is 11.1 Å². The van der Waals surface area contributed by atoms with Gasteiger partial charge in [0.15, 0.2) is 6.29 Å². The first-order valence-electron chi connectivity index (χ1n) is 5.25. The van der Waals surface area contributed by atoms with Gasteiger partial charge in [0.2, 0.25) is 0 Å². The molecule has 4 heteroatoms. The Kier molecular flexibility index (Phi) is 3.77. The number of hydrogen-bond acceptors (Lipinski definition) is 2. The van der Waals surface area contributed by atoms with Crippen LogP contribution in [0.4, 0.5) is 4.39 Å². The molecule has 0 aliphatic carbocycles. The highest BCUT2D eigenvalue weighted by Crippen LogP contribution is 2.31. The summed E-state index contributed by atoms with van der Waals surface area (Å²) in [7, 11) is 1.52. The lowest BCUT2D eigenvalue weighted by Gasteiger charge is -2.09. The fourth-order valence-corrected chi connectivity index (χ4v) is 2.09. The van der Waals surface area contributed by atoms with Crippen molar-refractivity contribution in [3.8, 4) is 16.9 Å². The van der Waals surface area contributed by atoms with Crippen LogP contribution in [0.1, 0.15) is 10.4 Å². The van der Waals surface area contributed by atoms with E-state index in [1.807, 2.05) is 0 Å². The van der Waals surface area contributed by atoms with Gasteiger partial charge < -0.3 is 4.74 Å². The summed E-state index contributed by atoms with van der Waals surface area (Å²) < 4.78 is 19.4. The summed E-state index contributed by atoms with van der Waals surface area (Å²) in [4.78, 5) is 11.1. The van der Waals surface area contributed by atoms with Crippen LogP contribution in [-0.4, -0.2) is 13.4 Å². The van der Waals surface area contributed by atoms with E-state index in [0.717, 1.165) is 0 Å². The lowest BCUT2D eigenvalue weighted by molar-refractivity contribution is 0.112. The number of hydrogen-bond donors (Lipinski definition) is 0. The molecule has 0 spiro atoms. The molecule has 0 saturated carbocycles. The maximum Gasteiger partial charge on any atom is 0.150 e. The van der Waals surface area contributed by atoms with E-state index < -0.39 is 0 Å². The number of benzene rings is 2. The van der Waals surface area contributed by atoms with Crippen molar-refractivity contribution in [2.45, 2.75) is 0 Å². The molecule has 0 aliphatic heterocycles. The average molecular weight is 309 g/mol. The molecule has 92 valence electrons. The monoisotopic (exact) mass is 308 g/mol. The topological polar surface area (TPSA) is 26.3 Å². The van der Waals surface area contributed by atoms with Gasteiger partial charge in [0.1, 0.15) is 11.6 Å². The van der Waals surface area contributed by atoms with Crippen LogP contribution < -0.4 is 4.74 Å². The lowest BCUT2D eigenvalue weighted by atomic mass is 9.99. The van der Waals surface area contributed by atoms with Crippen molar-refractivity contribution in [3.05, 3.63) is 52.3 Å². The Balaban J connectivity index is 2.63. The van der Waals surface area contributed by atoms with Gasteiger partial charge in [-0.15, -0.1) is 0 Å². The van der Waals surface area contributed by atoms with E-state index in [4.69, 9.17) is 4.74 Å². The molecule has 2 nitrogen and oxygen atoms in total. The number of aldehydes is 1. The summed E-state index contributed by atoms with van der Waals surface area (Å²) in [5.74, 6) is 0.182. The largest absolute Gasteiger partial charge is 0.497 e.